The van der Waals surface area contributed by atoms with Crippen molar-refractivity contribution in [2.75, 3.05) is 7.11 Å². The molecule has 0 spiro atoms. The van der Waals surface area contributed by atoms with Gasteiger partial charge in [-0.25, -0.2) is 4.99 Å². The second kappa shape index (κ2) is 47.8. The number of rotatable bonds is 18. The van der Waals surface area contributed by atoms with E-state index >= 15 is 0 Å². The van der Waals surface area contributed by atoms with Gasteiger partial charge >= 0.3 is 0 Å². The second-order valence-electron chi connectivity index (χ2n) is 28.0. The number of aromatic nitrogens is 2. The topological polar surface area (TPSA) is 47.4 Å². The van der Waals surface area contributed by atoms with Gasteiger partial charge in [-0.2, -0.15) is 0 Å². The fraction of sp³-hybridized carbons (Fsp3) is 0.263. The van der Waals surface area contributed by atoms with Crippen LogP contribution >= 0.6 is 0 Å². The molecule has 0 atom stereocenters. The summed E-state index contributed by atoms with van der Waals surface area (Å²) < 4.78 is 5.30. The lowest BCUT2D eigenvalue weighted by atomic mass is 9.68. The molecular formula is C99H117N3O. The summed E-state index contributed by atoms with van der Waals surface area (Å²) in [5, 5.41) is 0. The van der Waals surface area contributed by atoms with Gasteiger partial charge in [0.05, 0.1) is 18.5 Å². The first-order valence-electron chi connectivity index (χ1n) is 37.0. The number of methoxy groups -OCH3 is 1. The van der Waals surface area contributed by atoms with Crippen LogP contribution in [0, 0.1) is 24.7 Å². The van der Waals surface area contributed by atoms with Gasteiger partial charge < -0.3 is 4.74 Å². The van der Waals surface area contributed by atoms with Crippen LogP contribution in [0.1, 0.15) is 161 Å². The fourth-order valence-corrected chi connectivity index (χ4v) is 11.2. The largest absolute Gasteiger partial charge is 0.497 e. The Labute approximate surface area is 622 Å². The van der Waals surface area contributed by atoms with Crippen molar-refractivity contribution in [3.05, 3.63) is 419 Å². The maximum Gasteiger partial charge on any atom is 0.118 e. The molecule has 12 aromatic rings. The Bertz CT molecular complexity index is 3860. The monoisotopic (exact) mass is 1360 g/mol. The van der Waals surface area contributed by atoms with Crippen LogP contribution < -0.4 is 4.74 Å². The van der Waals surface area contributed by atoms with Crippen LogP contribution in [-0.2, 0) is 50.4 Å². The summed E-state index contributed by atoms with van der Waals surface area (Å²) in [5.74, 6) is 0.905. The Balaban J connectivity index is 0.000000222. The first-order valence-corrected chi connectivity index (χ1v) is 37.0. The molecule has 534 valence electrons. The number of aryl methyl sites for hydroxylation is 7. The average Bonchev–Trinajstić information content (AvgIpc) is 0.783. The van der Waals surface area contributed by atoms with Gasteiger partial charge in [-0.15, -0.1) is 6.58 Å². The molecule has 0 amide bonds. The van der Waals surface area contributed by atoms with Crippen molar-refractivity contribution in [3.8, 4) is 5.75 Å². The molecule has 0 bridgehead atoms. The molecule has 2 aromatic heterocycles. The lowest BCUT2D eigenvalue weighted by molar-refractivity contribution is 0.406. The third-order valence-electron chi connectivity index (χ3n) is 16.9. The molecule has 0 N–H and O–H groups in total. The lowest BCUT2D eigenvalue weighted by Crippen LogP contribution is -2.28. The van der Waals surface area contributed by atoms with E-state index < -0.39 is 0 Å². The third kappa shape index (κ3) is 34.3. The van der Waals surface area contributed by atoms with Crippen molar-refractivity contribution in [1.82, 2.24) is 9.97 Å². The van der Waals surface area contributed by atoms with E-state index in [2.05, 4.69) is 306 Å². The number of hydrogen-bond acceptors (Lipinski definition) is 4. The molecule has 0 aliphatic rings. The van der Waals surface area contributed by atoms with E-state index in [9.17, 15) is 0 Å². The minimum absolute atomic E-state index is 0.0172. The quantitative estimate of drug-likeness (QED) is 0.0635. The van der Waals surface area contributed by atoms with Crippen LogP contribution in [0.3, 0.4) is 0 Å². The van der Waals surface area contributed by atoms with Crippen molar-refractivity contribution >= 4 is 11.4 Å². The van der Waals surface area contributed by atoms with Gasteiger partial charge in [0.15, 0.2) is 0 Å². The van der Waals surface area contributed by atoms with E-state index in [4.69, 9.17) is 9.73 Å². The van der Waals surface area contributed by atoms with Gasteiger partial charge in [0, 0.05) is 40.3 Å². The zero-order chi connectivity index (χ0) is 74.2. The molecule has 2 heterocycles. The smallest absolute Gasteiger partial charge is 0.118 e. The molecule has 10 aromatic carbocycles. The summed E-state index contributed by atoms with van der Waals surface area (Å²) in [4.78, 5) is 13.2. The minimum Gasteiger partial charge on any atom is -0.497 e. The predicted molar refractivity (Wildman–Crippen MR) is 447 cm³/mol. The van der Waals surface area contributed by atoms with Gasteiger partial charge in [0.1, 0.15) is 5.75 Å². The number of nitrogens with zero attached hydrogens (tertiary/aromatic N) is 3. The standard InChI is InChI=1S/C26H28O.C19H15N.C11H16.C10H15N.2C9H12.C8H10.C7H9N/c1-3-4-20-26(23-11-7-5-8-12-23,24-13-9-6-10-14-24)21-19-22-15-17-25(27-2)18-16-22;1-4-10-16(11-5-1)19(17-12-6-2-7-13-17)20-18-14-8-3-9-15-18;1-11(2,3)9-10-7-5-4-6-8-10;1-10(2,3)8-9-6-4-5-7-11-9;2*1-3-9-6-4-8(2)5-7-9;1-2-8-6-4-3-5-7-8;1-2-7-5-3-4-6-8-7/h3,5-18H,1,4,19-21H2,2H3;1-15H;4-8H,9H2,1-3H3;4-7H,8H2,1-3H3;2*4-7H,3H2,1-2H3;3-7H,2H2,1H3;3-6H,2H2,1H3. The van der Waals surface area contributed by atoms with Gasteiger partial charge in [-0.05, 0) is 176 Å². The van der Waals surface area contributed by atoms with E-state index in [1.807, 2.05) is 134 Å². The van der Waals surface area contributed by atoms with Gasteiger partial charge in [0.25, 0.3) is 0 Å². The molecule has 12 rings (SSSR count). The average molecular weight is 1370 g/mol. The van der Waals surface area contributed by atoms with E-state index in [1.165, 1.54) is 55.8 Å². The highest BCUT2D eigenvalue weighted by Gasteiger charge is 2.33. The van der Waals surface area contributed by atoms with Gasteiger partial charge in [-0.1, -0.05) is 359 Å². The maximum atomic E-state index is 5.30. The van der Waals surface area contributed by atoms with E-state index in [-0.39, 0.29) is 5.41 Å². The van der Waals surface area contributed by atoms with Crippen molar-refractivity contribution in [2.45, 2.75) is 153 Å². The summed E-state index contributed by atoms with van der Waals surface area (Å²) in [6, 6.07) is 111. The zero-order valence-corrected chi connectivity index (χ0v) is 64.4. The Hall–Kier alpha value is -10.3. The number of ether oxygens (including phenoxy) is 1. The van der Waals surface area contributed by atoms with E-state index in [0.29, 0.717) is 10.8 Å². The molecule has 4 heteroatoms. The fourth-order valence-electron chi connectivity index (χ4n) is 11.2. The van der Waals surface area contributed by atoms with Crippen LogP contribution in [0.2, 0.25) is 0 Å². The normalized spacial score (nSPS) is 10.4. The minimum atomic E-state index is -0.0172. The first-order chi connectivity index (χ1) is 49.9. The highest BCUT2D eigenvalue weighted by Crippen LogP contribution is 2.41. The number of aliphatic imine (C=N–C) groups is 1. The summed E-state index contributed by atoms with van der Waals surface area (Å²) >= 11 is 0. The molecule has 0 radical (unpaired) electrons. The molecule has 0 aliphatic carbocycles. The number of hydrogen-bond donors (Lipinski definition) is 0. The molecule has 0 saturated heterocycles. The summed E-state index contributed by atoms with van der Waals surface area (Å²) in [7, 11) is 1.71. The van der Waals surface area contributed by atoms with Crippen molar-refractivity contribution in [2.24, 2.45) is 15.8 Å². The predicted octanol–water partition coefficient (Wildman–Crippen LogP) is 26.4. The summed E-state index contributed by atoms with van der Waals surface area (Å²) in [6.07, 6.45) is 16.5. The molecular weight excluding hydrogens is 1250 g/mol. The van der Waals surface area contributed by atoms with Crippen LogP contribution in [0.15, 0.2) is 352 Å². The number of pyridine rings is 2. The van der Waals surface area contributed by atoms with Crippen LogP contribution in [0.4, 0.5) is 5.69 Å². The van der Waals surface area contributed by atoms with Gasteiger partial charge in [-0.3, -0.25) is 9.97 Å². The third-order valence-corrected chi connectivity index (χ3v) is 16.9. The molecule has 0 fully saturated rings. The van der Waals surface area contributed by atoms with Crippen molar-refractivity contribution in [1.29, 1.82) is 0 Å². The summed E-state index contributed by atoms with van der Waals surface area (Å²) in [5.41, 5.74) is 19.7. The Morgan fingerprint density at radius 1 is 0.369 bits per heavy atom. The van der Waals surface area contributed by atoms with Crippen molar-refractivity contribution < 1.29 is 4.74 Å². The first kappa shape index (κ1) is 83.4. The Morgan fingerprint density at radius 2 is 0.728 bits per heavy atom. The molecule has 0 unspecified atom stereocenters. The molecule has 4 nitrogen and oxygen atoms in total. The lowest BCUT2D eigenvalue weighted by Gasteiger charge is -2.35. The van der Waals surface area contributed by atoms with Crippen LogP contribution in [0.25, 0.3) is 0 Å². The number of benzene rings is 10. The Morgan fingerprint density at radius 3 is 1.08 bits per heavy atom. The molecule has 0 saturated carbocycles. The van der Waals surface area contributed by atoms with E-state index in [0.717, 1.165) is 98.2 Å². The van der Waals surface area contributed by atoms with Gasteiger partial charge in [0.2, 0.25) is 0 Å². The maximum absolute atomic E-state index is 5.30. The Kier molecular flexibility index (Phi) is 38.7. The van der Waals surface area contributed by atoms with Crippen LogP contribution in [-0.4, -0.2) is 22.8 Å². The summed E-state index contributed by atoms with van der Waals surface area (Å²) in [6.45, 7) is 30.3. The highest BCUT2D eigenvalue weighted by atomic mass is 16.5. The zero-order valence-electron chi connectivity index (χ0n) is 64.4. The second-order valence-corrected chi connectivity index (χ2v) is 28.0. The van der Waals surface area contributed by atoms with Crippen LogP contribution in [0.5, 0.6) is 5.75 Å². The molecule has 103 heavy (non-hydrogen) atoms. The number of para-hydroxylation sites is 1. The number of allylic oxidation sites excluding steroid dienone is 1. The SMILES string of the molecule is C=CCCC(CCc1ccc(OC)cc1)(c1ccccc1)c1ccccc1.CC(C)(C)Cc1ccccc1.CC(C)(C)Cc1ccccn1.CCc1ccc(C)cc1.CCc1ccc(C)cc1.CCc1ccccc1.CCc1ccccn1.c1ccc(N=C(c2ccccc2)c2ccccc2)cc1. The highest BCUT2D eigenvalue weighted by molar-refractivity contribution is 6.13. The van der Waals surface area contributed by atoms with E-state index in [1.54, 1.807) is 7.11 Å². The molecule has 0 aliphatic heterocycles. The van der Waals surface area contributed by atoms with Crippen molar-refractivity contribution in [3.63, 3.8) is 0 Å².